The Kier molecular flexibility index (Phi) is 2.23. The number of nitrogens with zero attached hydrogens (tertiary/aromatic N) is 1. The van der Waals surface area contributed by atoms with E-state index in [0.29, 0.717) is 23.7 Å². The topological polar surface area (TPSA) is 37.4 Å². The van der Waals surface area contributed by atoms with Gasteiger partial charge in [-0.1, -0.05) is 29.8 Å². The van der Waals surface area contributed by atoms with E-state index in [1.807, 2.05) is 32.0 Å². The Labute approximate surface area is 130 Å². The number of hydrogen-bond acceptors (Lipinski definition) is 2. The van der Waals surface area contributed by atoms with Crippen molar-refractivity contribution >= 4 is 17.5 Å². The Hall–Kier alpha value is -1.90. The molecule has 5 aliphatic rings. The minimum atomic E-state index is -0.105. The molecule has 6 rings (SSSR count). The van der Waals surface area contributed by atoms with Crippen LogP contribution in [0.25, 0.3) is 0 Å². The van der Waals surface area contributed by atoms with Gasteiger partial charge < -0.3 is 0 Å². The maximum atomic E-state index is 13.0. The smallest absolute Gasteiger partial charge is 0.238 e. The molecular formula is C19H19NO2. The second-order valence-corrected chi connectivity index (χ2v) is 7.46. The van der Waals surface area contributed by atoms with Crippen molar-refractivity contribution in [1.29, 1.82) is 0 Å². The number of amides is 2. The fourth-order valence-corrected chi connectivity index (χ4v) is 5.25. The summed E-state index contributed by atoms with van der Waals surface area (Å²) >= 11 is 0. The molecular weight excluding hydrogens is 274 g/mol. The normalized spacial score (nSPS) is 40.9. The summed E-state index contributed by atoms with van der Waals surface area (Å²) in [6.45, 7) is 4.01. The highest BCUT2D eigenvalue weighted by Gasteiger charge is 2.67. The summed E-state index contributed by atoms with van der Waals surface area (Å²) in [6, 6.07) is 5.95. The molecule has 2 amide bonds. The van der Waals surface area contributed by atoms with E-state index in [9.17, 15) is 9.59 Å². The Bertz CT molecular complexity index is 714. The zero-order valence-electron chi connectivity index (χ0n) is 12.8. The van der Waals surface area contributed by atoms with Crippen molar-refractivity contribution < 1.29 is 9.59 Å². The third kappa shape index (κ3) is 1.37. The fraction of sp³-hybridized carbons (Fsp3) is 0.474. The lowest BCUT2D eigenvalue weighted by Gasteiger charge is -2.37. The van der Waals surface area contributed by atoms with Crippen LogP contribution in [0.15, 0.2) is 30.4 Å². The van der Waals surface area contributed by atoms with E-state index in [0.717, 1.165) is 16.8 Å². The van der Waals surface area contributed by atoms with Gasteiger partial charge >= 0.3 is 0 Å². The standard InChI is InChI=1S/C19H19NO2/c1-9-3-6-15(10(2)7-9)20-18(21)16-11-4-5-12(14-8-13(11)14)17(16)19(20)22/h3-7,11-14,16-17H,8H2,1-2H3/t11-,12-,13-,14-,16+,17+/m1/s1. The van der Waals surface area contributed by atoms with E-state index in [2.05, 4.69) is 12.2 Å². The summed E-state index contributed by atoms with van der Waals surface area (Å²) in [7, 11) is 0. The number of carbonyl (C=O) groups is 2. The van der Waals surface area contributed by atoms with Gasteiger partial charge in [0.15, 0.2) is 0 Å². The summed E-state index contributed by atoms with van der Waals surface area (Å²) in [5.74, 6) is 1.77. The SMILES string of the molecule is Cc1ccc(N2C(=O)[C@H]3[C@@H]4C=C[C@H]([C@H]5C[C@H]45)[C@@H]3C2=O)c(C)c1. The average Bonchev–Trinajstić information content (AvgIpc) is 3.26. The van der Waals surface area contributed by atoms with Crippen LogP contribution in [-0.4, -0.2) is 11.8 Å². The third-order valence-electron chi connectivity index (χ3n) is 6.26. The zero-order chi connectivity index (χ0) is 15.2. The predicted molar refractivity (Wildman–Crippen MR) is 83.1 cm³/mol. The molecule has 0 N–H and O–H groups in total. The van der Waals surface area contributed by atoms with Crippen LogP contribution in [0.4, 0.5) is 5.69 Å². The Balaban J connectivity index is 1.60. The molecule has 22 heavy (non-hydrogen) atoms. The molecule has 3 heteroatoms. The van der Waals surface area contributed by atoms with Crippen LogP contribution in [0.3, 0.4) is 0 Å². The number of rotatable bonds is 1. The lowest BCUT2D eigenvalue weighted by molar-refractivity contribution is -0.124. The highest BCUT2D eigenvalue weighted by atomic mass is 16.2. The summed E-state index contributed by atoms with van der Waals surface area (Å²) in [5.41, 5.74) is 2.94. The van der Waals surface area contributed by atoms with Crippen LogP contribution in [0.5, 0.6) is 0 Å². The number of benzene rings is 1. The molecule has 6 atom stereocenters. The molecule has 0 spiro atoms. The molecule has 3 nitrogen and oxygen atoms in total. The van der Waals surface area contributed by atoms with Gasteiger partial charge in [-0.15, -0.1) is 0 Å². The van der Waals surface area contributed by atoms with Crippen molar-refractivity contribution in [2.24, 2.45) is 35.5 Å². The lowest BCUT2D eigenvalue weighted by Crippen LogP contribution is -2.40. The third-order valence-corrected chi connectivity index (χ3v) is 6.26. The van der Waals surface area contributed by atoms with Gasteiger partial charge in [0.25, 0.3) is 0 Å². The molecule has 4 aliphatic carbocycles. The van der Waals surface area contributed by atoms with Crippen molar-refractivity contribution in [3.05, 3.63) is 41.5 Å². The Morgan fingerprint density at radius 1 is 0.955 bits per heavy atom. The van der Waals surface area contributed by atoms with Crippen LogP contribution in [0, 0.1) is 49.4 Å². The van der Waals surface area contributed by atoms with Gasteiger partial charge in [0.1, 0.15) is 0 Å². The minimum Gasteiger partial charge on any atom is -0.274 e. The summed E-state index contributed by atoms with van der Waals surface area (Å²) in [4.78, 5) is 27.5. The van der Waals surface area contributed by atoms with E-state index < -0.39 is 0 Å². The van der Waals surface area contributed by atoms with E-state index >= 15 is 0 Å². The monoisotopic (exact) mass is 293 g/mol. The van der Waals surface area contributed by atoms with Crippen LogP contribution in [-0.2, 0) is 9.59 Å². The number of imide groups is 1. The van der Waals surface area contributed by atoms with Gasteiger partial charge in [0, 0.05) is 0 Å². The number of carbonyl (C=O) groups excluding carboxylic acids is 2. The molecule has 1 heterocycles. The quantitative estimate of drug-likeness (QED) is 0.590. The molecule has 1 aromatic rings. The van der Waals surface area contributed by atoms with Crippen LogP contribution in [0.2, 0.25) is 0 Å². The fourth-order valence-electron chi connectivity index (χ4n) is 5.25. The molecule has 1 aliphatic heterocycles. The first kappa shape index (κ1) is 12.6. The van der Waals surface area contributed by atoms with Crippen LogP contribution >= 0.6 is 0 Å². The van der Waals surface area contributed by atoms with E-state index in [-0.39, 0.29) is 23.7 Å². The molecule has 1 aromatic carbocycles. The van der Waals surface area contributed by atoms with E-state index in [4.69, 9.17) is 0 Å². The van der Waals surface area contributed by atoms with Gasteiger partial charge in [-0.05, 0) is 55.6 Å². The van der Waals surface area contributed by atoms with Crippen molar-refractivity contribution in [2.45, 2.75) is 20.3 Å². The average molecular weight is 293 g/mol. The summed E-state index contributed by atoms with van der Waals surface area (Å²) < 4.78 is 0. The maximum Gasteiger partial charge on any atom is 0.238 e. The number of aryl methyl sites for hydroxylation is 2. The van der Waals surface area contributed by atoms with Crippen LogP contribution < -0.4 is 4.90 Å². The second kappa shape index (κ2) is 3.89. The molecule has 2 bridgehead atoms. The zero-order valence-corrected chi connectivity index (χ0v) is 12.8. The molecule has 0 unspecified atom stereocenters. The second-order valence-electron chi connectivity index (χ2n) is 7.46. The summed E-state index contributed by atoms with van der Waals surface area (Å²) in [6.07, 6.45) is 5.65. The molecule has 3 fully saturated rings. The van der Waals surface area contributed by atoms with E-state index in [1.54, 1.807) is 0 Å². The van der Waals surface area contributed by atoms with Gasteiger partial charge in [-0.25, -0.2) is 4.90 Å². The van der Waals surface area contributed by atoms with Crippen molar-refractivity contribution in [2.75, 3.05) is 4.90 Å². The Morgan fingerprint density at radius 2 is 1.55 bits per heavy atom. The molecule has 0 radical (unpaired) electrons. The largest absolute Gasteiger partial charge is 0.274 e. The number of anilines is 1. The first-order valence-electron chi connectivity index (χ1n) is 8.21. The van der Waals surface area contributed by atoms with Gasteiger partial charge in [-0.2, -0.15) is 0 Å². The molecule has 2 saturated carbocycles. The predicted octanol–water partition coefficient (Wildman–Crippen LogP) is 2.86. The van der Waals surface area contributed by atoms with Crippen LogP contribution in [0.1, 0.15) is 17.5 Å². The first-order valence-corrected chi connectivity index (χ1v) is 8.21. The van der Waals surface area contributed by atoms with Gasteiger partial charge in [0.2, 0.25) is 11.8 Å². The maximum absolute atomic E-state index is 13.0. The molecule has 0 aromatic heterocycles. The van der Waals surface area contributed by atoms with Gasteiger partial charge in [0.05, 0.1) is 17.5 Å². The summed E-state index contributed by atoms with van der Waals surface area (Å²) in [5, 5.41) is 0. The minimum absolute atomic E-state index is 0.0339. The van der Waals surface area contributed by atoms with Crippen molar-refractivity contribution in [3.8, 4) is 0 Å². The first-order chi connectivity index (χ1) is 10.6. The van der Waals surface area contributed by atoms with Crippen molar-refractivity contribution in [3.63, 3.8) is 0 Å². The number of hydrogen-bond donors (Lipinski definition) is 0. The Morgan fingerprint density at radius 3 is 2.09 bits per heavy atom. The highest BCUT2D eigenvalue weighted by molar-refractivity contribution is 6.23. The molecule has 1 saturated heterocycles. The van der Waals surface area contributed by atoms with E-state index in [1.165, 1.54) is 11.3 Å². The number of allylic oxidation sites excluding steroid dienone is 2. The molecule has 112 valence electrons. The lowest BCUT2D eigenvalue weighted by atomic mass is 9.63. The van der Waals surface area contributed by atoms with Crippen molar-refractivity contribution in [1.82, 2.24) is 0 Å². The van der Waals surface area contributed by atoms with Gasteiger partial charge in [-0.3, -0.25) is 9.59 Å². The highest BCUT2D eigenvalue weighted by Crippen LogP contribution is 2.65.